The summed E-state index contributed by atoms with van der Waals surface area (Å²) in [6.45, 7) is 10.9. The van der Waals surface area contributed by atoms with Crippen molar-refractivity contribution in [1.82, 2.24) is 25.3 Å². The topological polar surface area (TPSA) is 85.0 Å². The van der Waals surface area contributed by atoms with Gasteiger partial charge >= 0.3 is 0 Å². The highest BCUT2D eigenvalue weighted by Gasteiger charge is 2.36. The Bertz CT molecular complexity index is 1370. The second-order valence-electron chi connectivity index (χ2n) is 13.6. The number of nitrogens with zero attached hydrogens (tertiary/aromatic N) is 3. The number of amides is 3. The van der Waals surface area contributed by atoms with Gasteiger partial charge < -0.3 is 20.4 Å². The molecule has 0 aliphatic carbocycles. The van der Waals surface area contributed by atoms with Crippen LogP contribution in [0, 0.1) is 5.92 Å². The molecule has 2 fully saturated rings. The van der Waals surface area contributed by atoms with Gasteiger partial charge in [0.2, 0.25) is 17.7 Å². The monoisotopic (exact) mass is 669 g/mol. The highest BCUT2D eigenvalue weighted by Crippen LogP contribution is 2.28. The molecule has 0 saturated carbocycles. The predicted molar refractivity (Wildman–Crippen MR) is 184 cm³/mol. The molecule has 0 unspecified atom stereocenters. The molecule has 250 valence electrons. The van der Waals surface area contributed by atoms with Crippen LogP contribution < -0.4 is 10.6 Å². The van der Waals surface area contributed by atoms with Crippen LogP contribution in [0.4, 0.5) is 0 Å². The normalized spacial score (nSPS) is 20.1. The number of rotatable bonds is 10. The van der Waals surface area contributed by atoms with Gasteiger partial charge in [-0.15, -0.1) is 0 Å². The van der Waals surface area contributed by atoms with Crippen LogP contribution in [0.25, 0.3) is 0 Å². The first kappa shape index (κ1) is 34.7. The molecule has 2 aromatic carbocycles. The lowest BCUT2D eigenvalue weighted by Crippen LogP contribution is -2.56. The summed E-state index contributed by atoms with van der Waals surface area (Å²) in [5.41, 5.74) is 3.19. The number of fused-ring (bicyclic) bond motifs is 1. The van der Waals surface area contributed by atoms with Gasteiger partial charge in [0.1, 0.15) is 6.04 Å². The third-order valence-electron chi connectivity index (χ3n) is 9.88. The summed E-state index contributed by atoms with van der Waals surface area (Å²) in [6, 6.07) is 13.5. The van der Waals surface area contributed by atoms with Crippen LogP contribution >= 0.6 is 23.2 Å². The fourth-order valence-electron chi connectivity index (χ4n) is 7.49. The molecule has 0 aromatic heterocycles. The second kappa shape index (κ2) is 16.0. The van der Waals surface area contributed by atoms with E-state index in [0.717, 1.165) is 69.4 Å². The molecule has 3 aliphatic rings. The summed E-state index contributed by atoms with van der Waals surface area (Å²) in [5.74, 6) is 0.453. The van der Waals surface area contributed by atoms with Crippen LogP contribution in [-0.4, -0.2) is 89.8 Å². The Morgan fingerprint density at radius 3 is 2.24 bits per heavy atom. The molecule has 10 heteroatoms. The van der Waals surface area contributed by atoms with E-state index in [4.69, 9.17) is 23.2 Å². The van der Waals surface area contributed by atoms with Crippen LogP contribution in [-0.2, 0) is 27.2 Å². The Morgan fingerprint density at radius 1 is 0.957 bits per heavy atom. The molecule has 0 spiro atoms. The van der Waals surface area contributed by atoms with Crippen molar-refractivity contribution in [2.75, 3.05) is 39.3 Å². The number of carbonyl (C=O) groups excluding carboxylic acids is 3. The van der Waals surface area contributed by atoms with Gasteiger partial charge in [0.15, 0.2) is 0 Å². The number of carbonyl (C=O) groups is 3. The largest absolute Gasteiger partial charge is 0.344 e. The van der Waals surface area contributed by atoms with Gasteiger partial charge in [-0.1, -0.05) is 67.4 Å². The molecule has 2 atom stereocenters. The molecule has 3 aliphatic heterocycles. The van der Waals surface area contributed by atoms with Crippen LogP contribution in [0.15, 0.2) is 42.5 Å². The molecule has 2 aromatic rings. The summed E-state index contributed by atoms with van der Waals surface area (Å²) in [6.07, 6.45) is 5.23. The number of piperidine rings is 2. The van der Waals surface area contributed by atoms with Crippen molar-refractivity contribution in [2.45, 2.75) is 89.9 Å². The SMILES string of the molecule is CC(=O)N1CCC(N(CC(C)C)C2CCN(C(=O)[C@@H](Cc3ccc(Cl)cc3Cl)NC(=O)C[C@H]3NCCc4ccccc43)CC2)CC1. The molecule has 0 bridgehead atoms. The first-order chi connectivity index (χ1) is 22.1. The molecular formula is C36H49Cl2N5O3. The van der Waals surface area contributed by atoms with Crippen LogP contribution in [0.1, 0.15) is 75.6 Å². The highest BCUT2D eigenvalue weighted by atomic mass is 35.5. The lowest BCUT2D eigenvalue weighted by atomic mass is 9.92. The van der Waals surface area contributed by atoms with Gasteiger partial charge in [-0.3, -0.25) is 19.3 Å². The Morgan fingerprint density at radius 2 is 1.61 bits per heavy atom. The van der Waals surface area contributed by atoms with Crippen molar-refractivity contribution >= 4 is 40.9 Å². The summed E-state index contributed by atoms with van der Waals surface area (Å²) < 4.78 is 0. The van der Waals surface area contributed by atoms with Crippen molar-refractivity contribution in [2.24, 2.45) is 5.92 Å². The maximum Gasteiger partial charge on any atom is 0.245 e. The number of hydrogen-bond donors (Lipinski definition) is 2. The zero-order valence-electron chi connectivity index (χ0n) is 27.4. The molecule has 2 N–H and O–H groups in total. The van der Waals surface area contributed by atoms with E-state index in [9.17, 15) is 14.4 Å². The van der Waals surface area contributed by atoms with E-state index in [1.165, 1.54) is 5.56 Å². The van der Waals surface area contributed by atoms with Gasteiger partial charge in [-0.2, -0.15) is 0 Å². The number of hydrogen-bond acceptors (Lipinski definition) is 5. The molecular weight excluding hydrogens is 621 g/mol. The zero-order chi connectivity index (χ0) is 32.8. The molecule has 3 amide bonds. The van der Waals surface area contributed by atoms with Crippen molar-refractivity contribution in [3.63, 3.8) is 0 Å². The fourth-order valence-corrected chi connectivity index (χ4v) is 7.98. The highest BCUT2D eigenvalue weighted by molar-refractivity contribution is 6.35. The zero-order valence-corrected chi connectivity index (χ0v) is 29.0. The summed E-state index contributed by atoms with van der Waals surface area (Å²) in [5, 5.41) is 7.61. The predicted octanol–water partition coefficient (Wildman–Crippen LogP) is 5.26. The summed E-state index contributed by atoms with van der Waals surface area (Å²) in [7, 11) is 0. The quantitative estimate of drug-likeness (QED) is 0.361. The standard InChI is InChI=1S/C36H49Cl2N5O3/c1-24(2)23-43(29-11-16-41(17-12-29)25(3)44)30-13-18-42(19-14-30)36(46)34(20-27-8-9-28(37)21-32(27)38)40-35(45)22-33-31-7-5-4-6-26(31)10-15-39-33/h4-9,21,24,29-30,33-34,39H,10-20,22-23H2,1-3H3,(H,40,45)/t33-,34-/m1/s1. The van der Waals surface area contributed by atoms with E-state index in [2.05, 4.69) is 41.5 Å². The lowest BCUT2D eigenvalue weighted by Gasteiger charge is -2.46. The summed E-state index contributed by atoms with van der Waals surface area (Å²) >= 11 is 12.7. The molecule has 2 saturated heterocycles. The third kappa shape index (κ3) is 8.82. The van der Waals surface area contributed by atoms with Crippen molar-refractivity contribution in [1.29, 1.82) is 0 Å². The minimum atomic E-state index is -0.732. The number of halogens is 2. The Kier molecular flexibility index (Phi) is 12.0. The first-order valence-electron chi connectivity index (χ1n) is 16.9. The van der Waals surface area contributed by atoms with E-state index >= 15 is 0 Å². The Labute approximate surface area is 284 Å². The number of benzene rings is 2. The smallest absolute Gasteiger partial charge is 0.245 e. The van der Waals surface area contributed by atoms with Gasteiger partial charge in [0.25, 0.3) is 0 Å². The molecule has 46 heavy (non-hydrogen) atoms. The van der Waals surface area contributed by atoms with Crippen molar-refractivity contribution in [3.05, 3.63) is 69.2 Å². The van der Waals surface area contributed by atoms with E-state index in [0.29, 0.717) is 47.6 Å². The summed E-state index contributed by atoms with van der Waals surface area (Å²) in [4.78, 5) is 46.1. The first-order valence-corrected chi connectivity index (χ1v) is 17.7. The fraction of sp³-hybridized carbons (Fsp3) is 0.583. The third-order valence-corrected chi connectivity index (χ3v) is 10.5. The van der Waals surface area contributed by atoms with Gasteiger partial charge in [-0.05, 0) is 73.4 Å². The van der Waals surface area contributed by atoms with Crippen molar-refractivity contribution in [3.8, 4) is 0 Å². The number of likely N-dealkylation sites (tertiary alicyclic amines) is 2. The molecule has 8 nitrogen and oxygen atoms in total. The maximum absolute atomic E-state index is 14.1. The van der Waals surface area contributed by atoms with E-state index in [-0.39, 0.29) is 30.2 Å². The Balaban J connectivity index is 1.26. The van der Waals surface area contributed by atoms with Crippen molar-refractivity contribution < 1.29 is 14.4 Å². The molecule has 0 radical (unpaired) electrons. The van der Waals surface area contributed by atoms with Gasteiger partial charge in [0, 0.05) is 80.7 Å². The van der Waals surface area contributed by atoms with E-state index < -0.39 is 6.04 Å². The molecule has 5 rings (SSSR count). The minimum absolute atomic E-state index is 0.0694. The van der Waals surface area contributed by atoms with Crippen LogP contribution in [0.2, 0.25) is 10.0 Å². The second-order valence-corrected chi connectivity index (χ2v) is 14.4. The maximum atomic E-state index is 14.1. The van der Waals surface area contributed by atoms with Crippen LogP contribution in [0.5, 0.6) is 0 Å². The minimum Gasteiger partial charge on any atom is -0.344 e. The number of nitrogens with one attached hydrogen (secondary N) is 2. The van der Waals surface area contributed by atoms with Gasteiger partial charge in [-0.25, -0.2) is 0 Å². The van der Waals surface area contributed by atoms with Crippen LogP contribution in [0.3, 0.4) is 0 Å². The molecule has 3 heterocycles. The van der Waals surface area contributed by atoms with Gasteiger partial charge in [0.05, 0.1) is 0 Å². The average molecular weight is 671 g/mol. The Hall–Kier alpha value is -2.65. The van der Waals surface area contributed by atoms with E-state index in [1.54, 1.807) is 19.1 Å². The average Bonchev–Trinajstić information content (AvgIpc) is 3.04. The lowest BCUT2D eigenvalue weighted by molar-refractivity contribution is -0.138. The van der Waals surface area contributed by atoms with E-state index in [1.807, 2.05) is 28.0 Å².